The minimum atomic E-state index is -1.69. The SMILES string of the molecule is CC(C)(C(=O)O)C(=O)c1cn(CC(=O)O)c2c(C=Cc3ccc(OCCCCOc4cccc(F)c4F)cc3)cccc12. The average Bonchev–Trinajstić information content (AvgIpc) is 3.34. The Balaban J connectivity index is 1.41. The number of carboxylic acid groups (broad SMARTS) is 2. The minimum Gasteiger partial charge on any atom is -0.494 e. The van der Waals surface area contributed by atoms with Gasteiger partial charge in [-0.25, -0.2) is 4.39 Å². The van der Waals surface area contributed by atoms with Crippen LogP contribution in [-0.4, -0.2) is 45.7 Å². The summed E-state index contributed by atoms with van der Waals surface area (Å²) in [7, 11) is 0. The van der Waals surface area contributed by atoms with E-state index in [1.165, 1.54) is 36.7 Å². The van der Waals surface area contributed by atoms with Gasteiger partial charge in [0.05, 0.1) is 18.7 Å². The van der Waals surface area contributed by atoms with Crippen LogP contribution in [0, 0.1) is 17.0 Å². The van der Waals surface area contributed by atoms with Crippen LogP contribution in [0.2, 0.25) is 0 Å². The second kappa shape index (κ2) is 13.3. The molecule has 4 aromatic rings. The number of aliphatic carboxylic acids is 2. The van der Waals surface area contributed by atoms with E-state index in [0.29, 0.717) is 41.7 Å². The van der Waals surface area contributed by atoms with Gasteiger partial charge in [0.1, 0.15) is 17.7 Å². The summed E-state index contributed by atoms with van der Waals surface area (Å²) >= 11 is 0. The Bertz CT molecular complexity index is 1670. The first-order valence-corrected chi connectivity index (χ1v) is 13.6. The number of carbonyl (C=O) groups excluding carboxylic acids is 1. The largest absolute Gasteiger partial charge is 0.494 e. The quantitative estimate of drug-likeness (QED) is 0.0725. The van der Waals surface area contributed by atoms with Crippen LogP contribution in [0.1, 0.15) is 48.2 Å². The highest BCUT2D eigenvalue weighted by atomic mass is 19.2. The Kier molecular flexibility index (Phi) is 9.59. The first-order chi connectivity index (χ1) is 20.5. The van der Waals surface area contributed by atoms with Gasteiger partial charge in [-0.3, -0.25) is 14.4 Å². The summed E-state index contributed by atoms with van der Waals surface area (Å²) < 4.78 is 39.3. The molecule has 0 spiro atoms. The van der Waals surface area contributed by atoms with Gasteiger partial charge < -0.3 is 24.3 Å². The number of hydrogen-bond acceptors (Lipinski definition) is 5. The molecule has 1 heterocycles. The molecule has 0 saturated carbocycles. The predicted octanol–water partition coefficient (Wildman–Crippen LogP) is 6.71. The highest BCUT2D eigenvalue weighted by molar-refractivity contribution is 6.18. The molecular weight excluding hydrogens is 560 g/mol. The van der Waals surface area contributed by atoms with Crippen molar-refractivity contribution in [1.29, 1.82) is 0 Å². The monoisotopic (exact) mass is 591 g/mol. The molecule has 8 nitrogen and oxygen atoms in total. The number of aromatic nitrogens is 1. The zero-order valence-corrected chi connectivity index (χ0v) is 23.7. The number of ketones is 1. The van der Waals surface area contributed by atoms with Crippen LogP contribution in [-0.2, 0) is 16.1 Å². The number of fused-ring (bicyclic) bond motifs is 1. The van der Waals surface area contributed by atoms with Gasteiger partial charge in [-0.05, 0) is 62.1 Å². The lowest BCUT2D eigenvalue weighted by Gasteiger charge is -2.16. The predicted molar refractivity (Wildman–Crippen MR) is 157 cm³/mol. The zero-order chi connectivity index (χ0) is 31.1. The van der Waals surface area contributed by atoms with Gasteiger partial charge >= 0.3 is 11.9 Å². The van der Waals surface area contributed by atoms with Crippen molar-refractivity contribution >= 4 is 40.8 Å². The summed E-state index contributed by atoms with van der Waals surface area (Å²) in [6.45, 7) is 2.87. The normalized spacial score (nSPS) is 11.6. The Labute approximate surface area is 246 Å². The van der Waals surface area contributed by atoms with Crippen LogP contribution < -0.4 is 9.47 Å². The van der Waals surface area contributed by atoms with Gasteiger partial charge in [0, 0.05) is 17.1 Å². The highest BCUT2D eigenvalue weighted by Gasteiger charge is 2.38. The van der Waals surface area contributed by atoms with E-state index in [4.69, 9.17) is 9.47 Å². The van der Waals surface area contributed by atoms with Gasteiger partial charge in [0.15, 0.2) is 17.3 Å². The number of para-hydroxylation sites is 1. The maximum absolute atomic E-state index is 13.6. The topological polar surface area (TPSA) is 115 Å². The van der Waals surface area contributed by atoms with Gasteiger partial charge in [-0.2, -0.15) is 4.39 Å². The summed E-state index contributed by atoms with van der Waals surface area (Å²) in [4.78, 5) is 36.4. The van der Waals surface area contributed by atoms with E-state index in [-0.39, 0.29) is 17.9 Å². The number of hydrogen-bond donors (Lipinski definition) is 2. The van der Waals surface area contributed by atoms with Crippen molar-refractivity contribution in [3.63, 3.8) is 0 Å². The maximum atomic E-state index is 13.6. The molecule has 4 rings (SSSR count). The lowest BCUT2D eigenvalue weighted by Crippen LogP contribution is -2.33. The number of rotatable bonds is 14. The third kappa shape index (κ3) is 7.27. The number of carbonyl (C=O) groups is 3. The molecule has 0 saturated heterocycles. The average molecular weight is 592 g/mol. The molecule has 0 radical (unpaired) electrons. The van der Waals surface area contributed by atoms with Crippen LogP contribution in [0.3, 0.4) is 0 Å². The number of benzene rings is 3. The summed E-state index contributed by atoms with van der Waals surface area (Å²) in [6, 6.07) is 16.3. The summed E-state index contributed by atoms with van der Waals surface area (Å²) in [5, 5.41) is 19.5. The molecule has 0 atom stereocenters. The van der Waals surface area contributed by atoms with Gasteiger partial charge in [0.25, 0.3) is 0 Å². The molecule has 10 heteroatoms. The molecule has 0 bridgehead atoms. The molecule has 0 unspecified atom stereocenters. The highest BCUT2D eigenvalue weighted by Crippen LogP contribution is 2.32. The fourth-order valence-electron chi connectivity index (χ4n) is 4.44. The van der Waals surface area contributed by atoms with Gasteiger partial charge in [-0.1, -0.05) is 48.6 Å². The third-order valence-corrected chi connectivity index (χ3v) is 6.90. The number of Topliss-reactive ketones (excluding diaryl/α,β-unsaturated/α-hetero) is 1. The second-order valence-corrected chi connectivity index (χ2v) is 10.4. The van der Waals surface area contributed by atoms with Crippen LogP contribution in [0.5, 0.6) is 11.5 Å². The molecule has 43 heavy (non-hydrogen) atoms. The standard InChI is InChI=1S/C33H31F2NO7/c1-33(2,32(40)41)31(39)25-19-36(20-28(37)38)30-22(7-5-8-24(25)30)14-11-21-12-15-23(16-13-21)42-17-3-4-18-43-27-10-6-9-26(34)29(27)35/h5-16,19H,3-4,17-18,20H2,1-2H3,(H,37,38)(H,40,41). The number of nitrogens with zero attached hydrogens (tertiary/aromatic N) is 1. The number of carboxylic acids is 2. The van der Waals surface area contributed by atoms with Crippen LogP contribution in [0.25, 0.3) is 23.1 Å². The van der Waals surface area contributed by atoms with E-state index in [2.05, 4.69) is 0 Å². The summed E-state index contributed by atoms with van der Waals surface area (Å²) in [5.41, 5.74) is 0.470. The third-order valence-electron chi connectivity index (χ3n) is 6.90. The van der Waals surface area contributed by atoms with Crippen molar-refractivity contribution in [3.05, 3.63) is 95.2 Å². The molecule has 0 aliphatic carbocycles. The van der Waals surface area contributed by atoms with E-state index in [1.807, 2.05) is 18.2 Å². The summed E-state index contributed by atoms with van der Waals surface area (Å²) in [5.74, 6) is -4.41. The van der Waals surface area contributed by atoms with Gasteiger partial charge in [-0.15, -0.1) is 0 Å². The Morgan fingerprint density at radius 3 is 2.23 bits per heavy atom. The van der Waals surface area contributed by atoms with Crippen LogP contribution in [0.15, 0.2) is 66.9 Å². The van der Waals surface area contributed by atoms with Crippen molar-refractivity contribution in [1.82, 2.24) is 4.57 Å². The molecule has 0 fully saturated rings. The lowest BCUT2D eigenvalue weighted by molar-refractivity contribution is -0.144. The fourth-order valence-corrected chi connectivity index (χ4v) is 4.44. The van der Waals surface area contributed by atoms with Crippen molar-refractivity contribution < 1.29 is 42.9 Å². The molecule has 3 aromatic carbocycles. The molecule has 0 aliphatic heterocycles. The lowest BCUT2D eigenvalue weighted by atomic mass is 9.84. The first-order valence-electron chi connectivity index (χ1n) is 13.6. The molecular formula is C33H31F2NO7. The Hall–Kier alpha value is -4.99. The molecule has 2 N–H and O–H groups in total. The Morgan fingerprint density at radius 2 is 1.56 bits per heavy atom. The maximum Gasteiger partial charge on any atom is 0.323 e. The van der Waals surface area contributed by atoms with Gasteiger partial charge in [0.2, 0.25) is 5.82 Å². The molecule has 1 aromatic heterocycles. The molecule has 0 amide bonds. The first kappa shape index (κ1) is 31.0. The smallest absolute Gasteiger partial charge is 0.323 e. The van der Waals surface area contributed by atoms with E-state index in [1.54, 1.807) is 36.4 Å². The minimum absolute atomic E-state index is 0.119. The number of halogens is 2. The zero-order valence-electron chi connectivity index (χ0n) is 23.7. The van der Waals surface area contributed by atoms with Crippen molar-refractivity contribution in [3.8, 4) is 11.5 Å². The Morgan fingerprint density at radius 1 is 0.884 bits per heavy atom. The summed E-state index contributed by atoms with van der Waals surface area (Å²) in [6.07, 6.45) is 6.28. The molecule has 224 valence electrons. The van der Waals surface area contributed by atoms with E-state index in [0.717, 1.165) is 11.6 Å². The second-order valence-electron chi connectivity index (χ2n) is 10.4. The van der Waals surface area contributed by atoms with Crippen molar-refractivity contribution in [2.24, 2.45) is 5.41 Å². The van der Waals surface area contributed by atoms with Crippen molar-refractivity contribution in [2.75, 3.05) is 13.2 Å². The van der Waals surface area contributed by atoms with E-state index < -0.39 is 41.3 Å². The van der Waals surface area contributed by atoms with Crippen molar-refractivity contribution in [2.45, 2.75) is 33.2 Å². The fraction of sp³-hybridized carbons (Fsp3) is 0.242. The molecule has 0 aliphatic rings. The van der Waals surface area contributed by atoms with Crippen LogP contribution in [0.4, 0.5) is 8.78 Å². The van der Waals surface area contributed by atoms with E-state index in [9.17, 15) is 33.4 Å². The number of unbranched alkanes of at least 4 members (excludes halogenated alkanes) is 1. The van der Waals surface area contributed by atoms with E-state index >= 15 is 0 Å². The number of ether oxygens (including phenoxy) is 2. The van der Waals surface area contributed by atoms with Crippen LogP contribution >= 0.6 is 0 Å².